The summed E-state index contributed by atoms with van der Waals surface area (Å²) in [6.45, 7) is 9.18. The van der Waals surface area contributed by atoms with E-state index in [-0.39, 0.29) is 12.1 Å². The zero-order chi connectivity index (χ0) is 17.8. The lowest BCUT2D eigenvalue weighted by molar-refractivity contribution is 0.0806. The number of nitrogens with zero attached hydrogens (tertiary/aromatic N) is 4. The Morgan fingerprint density at radius 3 is 2.72 bits per heavy atom. The molecule has 1 amide bonds. The van der Waals surface area contributed by atoms with Crippen LogP contribution in [0.5, 0.6) is 0 Å². The van der Waals surface area contributed by atoms with Gasteiger partial charge in [0, 0.05) is 32.1 Å². The van der Waals surface area contributed by atoms with Gasteiger partial charge in [-0.3, -0.25) is 0 Å². The lowest BCUT2D eigenvalue weighted by Crippen LogP contribution is -2.46. The van der Waals surface area contributed by atoms with Gasteiger partial charge in [0.05, 0.1) is 12.6 Å². The third kappa shape index (κ3) is 4.51. The van der Waals surface area contributed by atoms with Crippen LogP contribution >= 0.6 is 0 Å². The number of carbonyl (C=O) groups is 1. The molecule has 0 unspecified atom stereocenters. The molecule has 25 heavy (non-hydrogen) atoms. The predicted molar refractivity (Wildman–Crippen MR) is 95.3 cm³/mol. The van der Waals surface area contributed by atoms with E-state index in [1.54, 1.807) is 0 Å². The van der Waals surface area contributed by atoms with Crippen LogP contribution < -0.4 is 5.32 Å². The Morgan fingerprint density at radius 2 is 2.04 bits per heavy atom. The highest BCUT2D eigenvalue weighted by Crippen LogP contribution is 2.25. The summed E-state index contributed by atoms with van der Waals surface area (Å²) in [5, 5.41) is 8.34. The van der Waals surface area contributed by atoms with Crippen LogP contribution in [0.2, 0.25) is 0 Å². The molecule has 7 nitrogen and oxygen atoms in total. The number of aromatic nitrogens is 3. The largest absolute Gasteiger partial charge is 0.449 e. The first-order chi connectivity index (χ1) is 12.1. The van der Waals surface area contributed by atoms with Crippen molar-refractivity contribution in [3.63, 3.8) is 0 Å². The Hall–Kier alpha value is -1.63. The second-order valence-electron chi connectivity index (χ2n) is 7.56. The molecular weight excluding hydrogens is 318 g/mol. The van der Waals surface area contributed by atoms with Crippen molar-refractivity contribution in [2.45, 2.75) is 71.5 Å². The van der Waals surface area contributed by atoms with Gasteiger partial charge < -0.3 is 15.0 Å². The molecule has 2 aliphatic rings. The molecule has 1 fully saturated rings. The van der Waals surface area contributed by atoms with Crippen LogP contribution in [-0.4, -0.2) is 51.5 Å². The number of hydrogen-bond acceptors (Lipinski definition) is 5. The van der Waals surface area contributed by atoms with Crippen molar-refractivity contribution in [1.82, 2.24) is 25.0 Å². The average Bonchev–Trinajstić information content (AvgIpc) is 3.05. The maximum Gasteiger partial charge on any atom is 0.409 e. The van der Waals surface area contributed by atoms with Gasteiger partial charge >= 0.3 is 6.09 Å². The molecule has 1 aromatic rings. The van der Waals surface area contributed by atoms with Crippen LogP contribution in [0, 0.1) is 5.92 Å². The number of rotatable bonds is 5. The summed E-state index contributed by atoms with van der Waals surface area (Å²) >= 11 is 0. The number of amides is 1. The van der Waals surface area contributed by atoms with Gasteiger partial charge in [-0.15, -0.1) is 0 Å². The highest BCUT2D eigenvalue weighted by molar-refractivity contribution is 5.67. The summed E-state index contributed by atoms with van der Waals surface area (Å²) in [6.07, 6.45) is 4.88. The molecule has 3 heterocycles. The summed E-state index contributed by atoms with van der Waals surface area (Å²) in [5.41, 5.74) is 0. The number of nitrogens with one attached hydrogen (secondary N) is 1. The second kappa shape index (κ2) is 8.17. The van der Waals surface area contributed by atoms with Gasteiger partial charge in [0.1, 0.15) is 5.82 Å². The summed E-state index contributed by atoms with van der Waals surface area (Å²) in [6, 6.07) is 0.707. The first kappa shape index (κ1) is 18.2. The Balaban J connectivity index is 1.50. The standard InChI is InChI=1S/C18H31N5O2/c1-4-16-20-17-15(6-5-9-23(17)21-16)19-14-7-10-22(11-8-14)18(24)25-12-13(2)3/h13-15,19H,4-12H2,1-3H3/t15-/m1/s1. The van der Waals surface area contributed by atoms with E-state index >= 15 is 0 Å². The van der Waals surface area contributed by atoms with Gasteiger partial charge in [-0.25, -0.2) is 14.5 Å². The zero-order valence-corrected chi connectivity index (χ0v) is 15.7. The van der Waals surface area contributed by atoms with Crippen molar-refractivity contribution >= 4 is 6.09 Å². The number of aryl methyl sites for hydroxylation is 2. The minimum atomic E-state index is -0.169. The third-order valence-corrected chi connectivity index (χ3v) is 4.97. The molecule has 140 valence electrons. The van der Waals surface area contributed by atoms with Crippen molar-refractivity contribution in [2.24, 2.45) is 5.92 Å². The molecule has 1 saturated heterocycles. The highest BCUT2D eigenvalue weighted by atomic mass is 16.6. The summed E-state index contributed by atoms with van der Waals surface area (Å²) in [5.74, 6) is 2.40. The van der Waals surface area contributed by atoms with E-state index in [4.69, 9.17) is 9.72 Å². The van der Waals surface area contributed by atoms with Crippen molar-refractivity contribution in [1.29, 1.82) is 0 Å². The predicted octanol–water partition coefficient (Wildman–Crippen LogP) is 2.52. The molecule has 3 rings (SSSR count). The van der Waals surface area contributed by atoms with E-state index in [0.717, 1.165) is 63.4 Å². The van der Waals surface area contributed by atoms with Crippen molar-refractivity contribution < 1.29 is 9.53 Å². The molecule has 0 aliphatic carbocycles. The van der Waals surface area contributed by atoms with Gasteiger partial charge in [0.15, 0.2) is 5.82 Å². The van der Waals surface area contributed by atoms with Gasteiger partial charge in [-0.1, -0.05) is 20.8 Å². The number of fused-ring (bicyclic) bond motifs is 1. The lowest BCUT2D eigenvalue weighted by atomic mass is 10.0. The Labute approximate surface area is 150 Å². The fourth-order valence-electron chi connectivity index (χ4n) is 3.55. The molecule has 1 N–H and O–H groups in total. The van der Waals surface area contributed by atoms with E-state index < -0.39 is 0 Å². The first-order valence-electron chi connectivity index (χ1n) is 9.68. The third-order valence-electron chi connectivity index (χ3n) is 4.97. The van der Waals surface area contributed by atoms with E-state index in [0.29, 0.717) is 18.6 Å². The number of hydrogen-bond donors (Lipinski definition) is 1. The van der Waals surface area contributed by atoms with E-state index in [9.17, 15) is 4.79 Å². The fourth-order valence-corrected chi connectivity index (χ4v) is 3.55. The van der Waals surface area contributed by atoms with Crippen molar-refractivity contribution in [2.75, 3.05) is 19.7 Å². The minimum absolute atomic E-state index is 0.169. The SMILES string of the molecule is CCc1nc2n(n1)CCC[C@H]2NC1CCN(C(=O)OCC(C)C)CC1. The minimum Gasteiger partial charge on any atom is -0.449 e. The van der Waals surface area contributed by atoms with Crippen LogP contribution in [-0.2, 0) is 17.7 Å². The number of ether oxygens (including phenoxy) is 1. The van der Waals surface area contributed by atoms with Crippen LogP contribution in [0.15, 0.2) is 0 Å². The van der Waals surface area contributed by atoms with Gasteiger partial charge in [-0.2, -0.15) is 5.10 Å². The van der Waals surface area contributed by atoms with Crippen LogP contribution in [0.1, 0.15) is 64.1 Å². The maximum atomic E-state index is 12.1. The summed E-state index contributed by atoms with van der Waals surface area (Å²) < 4.78 is 7.40. The molecule has 0 bridgehead atoms. The highest BCUT2D eigenvalue weighted by Gasteiger charge is 2.29. The van der Waals surface area contributed by atoms with Crippen LogP contribution in [0.4, 0.5) is 4.79 Å². The van der Waals surface area contributed by atoms with Crippen molar-refractivity contribution in [3.05, 3.63) is 11.6 Å². The first-order valence-corrected chi connectivity index (χ1v) is 9.68. The molecule has 0 radical (unpaired) electrons. The Morgan fingerprint density at radius 1 is 1.28 bits per heavy atom. The van der Waals surface area contributed by atoms with E-state index in [1.165, 1.54) is 0 Å². The summed E-state index contributed by atoms with van der Waals surface area (Å²) in [4.78, 5) is 18.6. The van der Waals surface area contributed by atoms with E-state index in [1.807, 2.05) is 4.90 Å². The quantitative estimate of drug-likeness (QED) is 0.884. The molecular formula is C18H31N5O2. The number of piperidine rings is 1. The van der Waals surface area contributed by atoms with Crippen LogP contribution in [0.25, 0.3) is 0 Å². The maximum absolute atomic E-state index is 12.1. The molecule has 1 aromatic heterocycles. The number of carbonyl (C=O) groups excluding carboxylic acids is 1. The van der Waals surface area contributed by atoms with Crippen molar-refractivity contribution in [3.8, 4) is 0 Å². The molecule has 0 spiro atoms. The molecule has 0 aromatic carbocycles. The summed E-state index contributed by atoms with van der Waals surface area (Å²) in [7, 11) is 0. The van der Waals surface area contributed by atoms with E-state index in [2.05, 4.69) is 35.9 Å². The van der Waals surface area contributed by atoms with Gasteiger partial charge in [-0.05, 0) is 31.6 Å². The van der Waals surface area contributed by atoms with Gasteiger partial charge in [0.2, 0.25) is 0 Å². The monoisotopic (exact) mass is 349 g/mol. The topological polar surface area (TPSA) is 72.3 Å². The van der Waals surface area contributed by atoms with Gasteiger partial charge in [0.25, 0.3) is 0 Å². The van der Waals surface area contributed by atoms with Crippen LogP contribution in [0.3, 0.4) is 0 Å². The molecule has 1 atom stereocenters. The smallest absolute Gasteiger partial charge is 0.409 e. The Bertz CT molecular complexity index is 578. The second-order valence-corrected chi connectivity index (χ2v) is 7.56. The molecule has 0 saturated carbocycles. The zero-order valence-electron chi connectivity index (χ0n) is 15.7. The number of likely N-dealkylation sites (tertiary alicyclic amines) is 1. The fraction of sp³-hybridized carbons (Fsp3) is 0.833. The lowest BCUT2D eigenvalue weighted by Gasteiger charge is -2.34. The molecule has 2 aliphatic heterocycles. The average molecular weight is 349 g/mol. The Kier molecular flexibility index (Phi) is 5.93. The molecule has 7 heteroatoms. The normalized spacial score (nSPS) is 21.4.